The van der Waals surface area contributed by atoms with E-state index >= 15 is 0 Å². The highest BCUT2D eigenvalue weighted by molar-refractivity contribution is 5.20. The van der Waals surface area contributed by atoms with Crippen LogP contribution in [-0.2, 0) is 0 Å². The summed E-state index contributed by atoms with van der Waals surface area (Å²) in [5.41, 5.74) is 2.97. The van der Waals surface area contributed by atoms with Crippen molar-refractivity contribution >= 4 is 0 Å². The molecule has 0 amide bonds. The Balaban J connectivity index is 2.20. The Morgan fingerprint density at radius 2 is 2.00 bits per heavy atom. The number of aryl methyl sites for hydroxylation is 1. The van der Waals surface area contributed by atoms with Gasteiger partial charge in [0.25, 0.3) is 0 Å². The Bertz CT molecular complexity index is 416. The molecular formula is C18H30N2. The predicted molar refractivity (Wildman–Crippen MR) is 85.9 cm³/mol. The summed E-state index contributed by atoms with van der Waals surface area (Å²) in [6, 6.07) is 4.45. The van der Waals surface area contributed by atoms with E-state index in [-0.39, 0.29) is 0 Å². The van der Waals surface area contributed by atoms with Gasteiger partial charge in [-0.15, -0.1) is 0 Å². The van der Waals surface area contributed by atoms with E-state index in [1.807, 2.05) is 0 Å². The average Bonchev–Trinajstić information content (AvgIpc) is 2.39. The van der Waals surface area contributed by atoms with Crippen molar-refractivity contribution in [3.05, 3.63) is 29.6 Å². The Morgan fingerprint density at radius 1 is 1.25 bits per heavy atom. The number of pyridine rings is 1. The molecule has 1 heterocycles. The van der Waals surface area contributed by atoms with Crippen LogP contribution in [0.25, 0.3) is 0 Å². The highest BCUT2D eigenvalue weighted by Gasteiger charge is 2.36. The first kappa shape index (κ1) is 15.5. The number of hydrogen-bond donors (Lipinski definition) is 1. The van der Waals surface area contributed by atoms with Gasteiger partial charge in [-0.05, 0) is 74.6 Å². The molecule has 1 aromatic rings. The molecule has 0 radical (unpaired) electrons. The minimum Gasteiger partial charge on any atom is -0.319 e. The van der Waals surface area contributed by atoms with E-state index in [0.29, 0.717) is 11.3 Å². The van der Waals surface area contributed by atoms with Crippen molar-refractivity contribution in [1.82, 2.24) is 10.3 Å². The maximum absolute atomic E-state index is 4.52. The highest BCUT2D eigenvalue weighted by atomic mass is 14.8. The molecule has 1 aliphatic rings. The third-order valence-electron chi connectivity index (χ3n) is 5.05. The van der Waals surface area contributed by atoms with E-state index in [0.717, 1.165) is 24.1 Å². The van der Waals surface area contributed by atoms with E-state index in [2.05, 4.69) is 63.4 Å². The summed E-state index contributed by atoms with van der Waals surface area (Å²) < 4.78 is 0. The fraction of sp³-hybridized carbons (Fsp3) is 0.722. The summed E-state index contributed by atoms with van der Waals surface area (Å²) in [6.45, 7) is 10.4. The standard InChI is InChI=1S/C18H30N2/c1-13-6-7-15(12-20-13)17-10-16(18(2,3)4)9-8-14(17)11-19-5/h6-7,12,14,16-17,19H,8-11H2,1-5H3. The van der Waals surface area contributed by atoms with E-state index in [9.17, 15) is 0 Å². The van der Waals surface area contributed by atoms with Crippen molar-refractivity contribution in [3.8, 4) is 0 Å². The monoisotopic (exact) mass is 274 g/mol. The number of hydrogen-bond acceptors (Lipinski definition) is 2. The zero-order valence-corrected chi connectivity index (χ0v) is 13.7. The van der Waals surface area contributed by atoms with Crippen LogP contribution in [-0.4, -0.2) is 18.6 Å². The van der Waals surface area contributed by atoms with Crippen molar-refractivity contribution < 1.29 is 0 Å². The van der Waals surface area contributed by atoms with E-state index in [1.165, 1.54) is 24.8 Å². The molecule has 2 nitrogen and oxygen atoms in total. The van der Waals surface area contributed by atoms with Crippen LogP contribution < -0.4 is 5.32 Å². The van der Waals surface area contributed by atoms with Crippen LogP contribution in [0.5, 0.6) is 0 Å². The van der Waals surface area contributed by atoms with Crippen LogP contribution >= 0.6 is 0 Å². The SMILES string of the molecule is CNCC1CCC(C(C)(C)C)CC1c1ccc(C)nc1. The maximum Gasteiger partial charge on any atom is 0.0372 e. The molecule has 2 heteroatoms. The summed E-state index contributed by atoms with van der Waals surface area (Å²) in [6.07, 6.45) is 6.11. The van der Waals surface area contributed by atoms with Crippen molar-refractivity contribution in [1.29, 1.82) is 0 Å². The fourth-order valence-corrected chi connectivity index (χ4v) is 3.63. The van der Waals surface area contributed by atoms with Gasteiger partial charge in [0.2, 0.25) is 0 Å². The Kier molecular flexibility index (Phi) is 4.85. The molecule has 20 heavy (non-hydrogen) atoms. The van der Waals surface area contributed by atoms with Crippen LogP contribution in [0.2, 0.25) is 0 Å². The minimum absolute atomic E-state index is 0.418. The molecule has 1 aliphatic carbocycles. The number of rotatable bonds is 3. The maximum atomic E-state index is 4.52. The van der Waals surface area contributed by atoms with Gasteiger partial charge in [0, 0.05) is 11.9 Å². The third kappa shape index (κ3) is 3.60. The van der Waals surface area contributed by atoms with Crippen LogP contribution in [0, 0.1) is 24.2 Å². The van der Waals surface area contributed by atoms with E-state index < -0.39 is 0 Å². The first-order valence-corrected chi connectivity index (χ1v) is 7.99. The molecule has 3 atom stereocenters. The van der Waals surface area contributed by atoms with Gasteiger partial charge in [-0.1, -0.05) is 26.8 Å². The van der Waals surface area contributed by atoms with Crippen molar-refractivity contribution in [2.24, 2.45) is 17.3 Å². The summed E-state index contributed by atoms with van der Waals surface area (Å²) >= 11 is 0. The topological polar surface area (TPSA) is 24.9 Å². The smallest absolute Gasteiger partial charge is 0.0372 e. The molecule has 1 aromatic heterocycles. The zero-order chi connectivity index (χ0) is 14.8. The van der Waals surface area contributed by atoms with Crippen LogP contribution in [0.4, 0.5) is 0 Å². The van der Waals surface area contributed by atoms with Gasteiger partial charge in [-0.3, -0.25) is 4.98 Å². The first-order valence-electron chi connectivity index (χ1n) is 7.99. The van der Waals surface area contributed by atoms with E-state index in [1.54, 1.807) is 0 Å². The quantitative estimate of drug-likeness (QED) is 0.895. The molecule has 3 unspecified atom stereocenters. The molecule has 112 valence electrons. The molecule has 0 spiro atoms. The van der Waals surface area contributed by atoms with Gasteiger partial charge in [-0.2, -0.15) is 0 Å². The van der Waals surface area contributed by atoms with Crippen LogP contribution in [0.15, 0.2) is 18.3 Å². The second-order valence-electron chi connectivity index (χ2n) is 7.53. The second kappa shape index (κ2) is 6.26. The molecule has 0 aromatic carbocycles. The van der Waals surface area contributed by atoms with Gasteiger partial charge in [0.15, 0.2) is 0 Å². The van der Waals surface area contributed by atoms with Gasteiger partial charge in [0.05, 0.1) is 0 Å². The van der Waals surface area contributed by atoms with Crippen molar-refractivity contribution in [2.75, 3.05) is 13.6 Å². The van der Waals surface area contributed by atoms with Gasteiger partial charge in [-0.25, -0.2) is 0 Å². The number of aromatic nitrogens is 1. The molecule has 0 bridgehead atoms. The summed E-state index contributed by atoms with van der Waals surface area (Å²) in [5.74, 6) is 2.23. The lowest BCUT2D eigenvalue weighted by molar-refractivity contribution is 0.130. The largest absolute Gasteiger partial charge is 0.319 e. The number of nitrogens with one attached hydrogen (secondary N) is 1. The number of nitrogens with zero attached hydrogens (tertiary/aromatic N) is 1. The molecule has 0 aliphatic heterocycles. The summed E-state index contributed by atoms with van der Waals surface area (Å²) in [7, 11) is 2.07. The molecular weight excluding hydrogens is 244 g/mol. The summed E-state index contributed by atoms with van der Waals surface area (Å²) in [5, 5.41) is 3.38. The molecule has 1 N–H and O–H groups in total. The van der Waals surface area contributed by atoms with E-state index in [4.69, 9.17) is 0 Å². The predicted octanol–water partition coefficient (Wildman–Crippen LogP) is 4.16. The van der Waals surface area contributed by atoms with Crippen LogP contribution in [0.1, 0.15) is 57.2 Å². The Hall–Kier alpha value is -0.890. The normalized spacial score (nSPS) is 27.6. The third-order valence-corrected chi connectivity index (χ3v) is 5.05. The lowest BCUT2D eigenvalue weighted by Gasteiger charge is -2.42. The molecule has 2 rings (SSSR count). The zero-order valence-electron chi connectivity index (χ0n) is 13.7. The van der Waals surface area contributed by atoms with Gasteiger partial charge < -0.3 is 5.32 Å². The fourth-order valence-electron chi connectivity index (χ4n) is 3.63. The Morgan fingerprint density at radius 3 is 2.55 bits per heavy atom. The highest BCUT2D eigenvalue weighted by Crippen LogP contribution is 2.46. The van der Waals surface area contributed by atoms with Gasteiger partial charge >= 0.3 is 0 Å². The lowest BCUT2D eigenvalue weighted by Crippen LogP contribution is -2.34. The molecule has 1 saturated carbocycles. The average molecular weight is 274 g/mol. The van der Waals surface area contributed by atoms with Crippen LogP contribution in [0.3, 0.4) is 0 Å². The minimum atomic E-state index is 0.418. The Labute approximate surface area is 124 Å². The molecule has 1 fully saturated rings. The van der Waals surface area contributed by atoms with Crippen molar-refractivity contribution in [2.45, 2.75) is 52.9 Å². The van der Waals surface area contributed by atoms with Gasteiger partial charge in [0.1, 0.15) is 0 Å². The summed E-state index contributed by atoms with van der Waals surface area (Å²) in [4.78, 5) is 4.52. The second-order valence-corrected chi connectivity index (χ2v) is 7.53. The lowest BCUT2D eigenvalue weighted by atomic mass is 9.64. The first-order chi connectivity index (χ1) is 9.41. The van der Waals surface area contributed by atoms with Crippen molar-refractivity contribution in [3.63, 3.8) is 0 Å². The molecule has 0 saturated heterocycles.